The second-order valence-corrected chi connectivity index (χ2v) is 10.9. The molecule has 1 aliphatic carbocycles. The highest BCUT2D eigenvalue weighted by Crippen LogP contribution is 2.45. The number of nitrogens with one attached hydrogen (secondary N) is 1. The van der Waals surface area contributed by atoms with Crippen LogP contribution in [0.5, 0.6) is 11.5 Å². The summed E-state index contributed by atoms with van der Waals surface area (Å²) >= 11 is 5.97. The van der Waals surface area contributed by atoms with Crippen LogP contribution in [-0.2, 0) is 0 Å². The Hall–Kier alpha value is -3.64. The number of para-hydroxylation sites is 1. The molecule has 2 aliphatic rings. The first-order chi connectivity index (χ1) is 18.5. The molecule has 1 saturated heterocycles. The molecule has 0 spiro atoms. The summed E-state index contributed by atoms with van der Waals surface area (Å²) in [5.41, 5.74) is 7.09. The Kier molecular flexibility index (Phi) is 6.66. The van der Waals surface area contributed by atoms with Crippen LogP contribution in [0.1, 0.15) is 72.0 Å². The molecule has 194 valence electrons. The van der Waals surface area contributed by atoms with Gasteiger partial charge in [-0.25, -0.2) is 0 Å². The Morgan fingerprint density at radius 1 is 0.921 bits per heavy atom. The van der Waals surface area contributed by atoms with Gasteiger partial charge in [-0.3, -0.25) is 4.98 Å². The number of thiocarbonyl (C=S) groups is 1. The number of aromatic nitrogens is 2. The maximum absolute atomic E-state index is 6.17. The lowest BCUT2D eigenvalue weighted by molar-refractivity contribution is 0.479. The van der Waals surface area contributed by atoms with Crippen LogP contribution >= 0.6 is 12.2 Å². The number of hydrogen-bond donors (Lipinski definition) is 1. The Labute approximate surface area is 230 Å². The number of rotatable bonds is 6. The summed E-state index contributed by atoms with van der Waals surface area (Å²) in [6, 6.07) is 25.3. The minimum atomic E-state index is -0.0517. The van der Waals surface area contributed by atoms with Crippen molar-refractivity contribution in [3.05, 3.63) is 107 Å². The van der Waals surface area contributed by atoms with Crippen molar-refractivity contribution in [2.24, 2.45) is 0 Å². The first kappa shape index (κ1) is 24.7. The topological polar surface area (TPSA) is 42.3 Å². The SMILES string of the molecule is Cc1ccccc1Oc1ccc(N2C(=S)N[C@H](c3ccccn3)[C@@H]2c2cc(C)n(C3CCCC3)c2C)cc1. The Bertz CT molecular complexity index is 1440. The van der Waals surface area contributed by atoms with E-state index in [-0.39, 0.29) is 12.1 Å². The number of pyridine rings is 1. The highest BCUT2D eigenvalue weighted by molar-refractivity contribution is 7.80. The summed E-state index contributed by atoms with van der Waals surface area (Å²) in [7, 11) is 0. The maximum atomic E-state index is 6.17. The first-order valence-electron chi connectivity index (χ1n) is 13.5. The first-order valence-corrected chi connectivity index (χ1v) is 13.9. The van der Waals surface area contributed by atoms with Gasteiger partial charge >= 0.3 is 0 Å². The molecule has 6 heteroatoms. The number of nitrogens with zero attached hydrogens (tertiary/aromatic N) is 3. The molecular formula is C32H34N4OS. The van der Waals surface area contributed by atoms with Gasteiger partial charge in [0.2, 0.25) is 0 Å². The smallest absolute Gasteiger partial charge is 0.174 e. The van der Waals surface area contributed by atoms with Crippen LogP contribution in [0, 0.1) is 20.8 Å². The van der Waals surface area contributed by atoms with E-state index in [2.05, 4.69) is 65.9 Å². The molecule has 2 aromatic carbocycles. The molecule has 2 aromatic heterocycles. The average Bonchev–Trinajstić information content (AvgIpc) is 3.64. The van der Waals surface area contributed by atoms with Gasteiger partial charge in [-0.2, -0.15) is 0 Å². The third-order valence-electron chi connectivity index (χ3n) is 8.07. The zero-order valence-corrected chi connectivity index (χ0v) is 23.0. The van der Waals surface area contributed by atoms with Crippen molar-refractivity contribution in [3.8, 4) is 11.5 Å². The zero-order valence-electron chi connectivity index (χ0n) is 22.2. The monoisotopic (exact) mass is 522 g/mol. The highest BCUT2D eigenvalue weighted by atomic mass is 32.1. The van der Waals surface area contributed by atoms with Crippen molar-refractivity contribution in [2.45, 2.75) is 64.6 Å². The van der Waals surface area contributed by atoms with E-state index in [1.807, 2.05) is 48.7 Å². The van der Waals surface area contributed by atoms with Gasteiger partial charge in [-0.15, -0.1) is 0 Å². The highest BCUT2D eigenvalue weighted by Gasteiger charge is 2.42. The molecule has 3 heterocycles. The third-order valence-corrected chi connectivity index (χ3v) is 8.38. The van der Waals surface area contributed by atoms with Gasteiger partial charge in [-0.05, 0) is 105 Å². The van der Waals surface area contributed by atoms with E-state index in [0.717, 1.165) is 28.4 Å². The largest absolute Gasteiger partial charge is 0.457 e. The van der Waals surface area contributed by atoms with Gasteiger partial charge in [0.1, 0.15) is 11.5 Å². The number of benzene rings is 2. The van der Waals surface area contributed by atoms with Crippen LogP contribution in [-0.4, -0.2) is 14.7 Å². The lowest BCUT2D eigenvalue weighted by Gasteiger charge is -2.28. The number of anilines is 1. The quantitative estimate of drug-likeness (QED) is 0.261. The predicted molar refractivity (Wildman–Crippen MR) is 157 cm³/mol. The summed E-state index contributed by atoms with van der Waals surface area (Å²) < 4.78 is 8.74. The van der Waals surface area contributed by atoms with Crippen molar-refractivity contribution >= 4 is 23.0 Å². The molecule has 2 fully saturated rings. The maximum Gasteiger partial charge on any atom is 0.174 e. The molecular weight excluding hydrogens is 488 g/mol. The zero-order chi connectivity index (χ0) is 26.2. The van der Waals surface area contributed by atoms with Gasteiger partial charge < -0.3 is 19.5 Å². The van der Waals surface area contributed by atoms with Crippen molar-refractivity contribution in [1.82, 2.24) is 14.9 Å². The van der Waals surface area contributed by atoms with E-state index in [1.165, 1.54) is 42.6 Å². The second-order valence-electron chi connectivity index (χ2n) is 10.5. The fraction of sp³-hybridized carbons (Fsp3) is 0.312. The number of ether oxygens (including phenoxy) is 1. The standard InChI is InChI=1S/C32H34N4OS/c1-21-10-4-7-14-29(21)37-26-17-15-25(16-18-26)36-31(30(34-32(36)38)28-13-8-9-19-33-28)27-20-22(2)35(23(27)3)24-11-5-6-12-24/h4,7-10,13-20,24,30-31H,5-6,11-12H2,1-3H3,(H,34,38)/t30-,31+/m1/s1. The van der Waals surface area contributed by atoms with E-state index in [1.54, 1.807) is 0 Å². The molecule has 6 rings (SSSR count). The Morgan fingerprint density at radius 3 is 2.37 bits per heavy atom. The van der Waals surface area contributed by atoms with Crippen molar-refractivity contribution in [1.29, 1.82) is 0 Å². The predicted octanol–water partition coefficient (Wildman–Crippen LogP) is 7.89. The van der Waals surface area contributed by atoms with E-state index in [4.69, 9.17) is 21.9 Å². The molecule has 0 amide bonds. The van der Waals surface area contributed by atoms with Gasteiger partial charge in [-0.1, -0.05) is 37.1 Å². The molecule has 0 bridgehead atoms. The lowest BCUT2D eigenvalue weighted by atomic mass is 9.96. The fourth-order valence-electron chi connectivity index (χ4n) is 6.25. The van der Waals surface area contributed by atoms with Crippen LogP contribution in [0.3, 0.4) is 0 Å². The summed E-state index contributed by atoms with van der Waals surface area (Å²) in [4.78, 5) is 6.99. The molecule has 2 atom stereocenters. The molecule has 1 saturated carbocycles. The average molecular weight is 523 g/mol. The number of hydrogen-bond acceptors (Lipinski definition) is 3. The molecule has 0 radical (unpaired) electrons. The second kappa shape index (κ2) is 10.3. The fourth-order valence-corrected chi connectivity index (χ4v) is 6.59. The van der Waals surface area contributed by atoms with E-state index < -0.39 is 0 Å². The minimum Gasteiger partial charge on any atom is -0.457 e. The van der Waals surface area contributed by atoms with Crippen molar-refractivity contribution in [2.75, 3.05) is 4.90 Å². The lowest BCUT2D eigenvalue weighted by Crippen LogP contribution is -2.29. The van der Waals surface area contributed by atoms with E-state index in [9.17, 15) is 0 Å². The Balaban J connectivity index is 1.39. The van der Waals surface area contributed by atoms with Crippen LogP contribution in [0.4, 0.5) is 5.69 Å². The van der Waals surface area contributed by atoms with Crippen LogP contribution in [0.2, 0.25) is 0 Å². The van der Waals surface area contributed by atoms with Crippen LogP contribution < -0.4 is 15.0 Å². The molecule has 1 aliphatic heterocycles. The van der Waals surface area contributed by atoms with Crippen molar-refractivity contribution in [3.63, 3.8) is 0 Å². The van der Waals surface area contributed by atoms with Crippen LogP contribution in [0.25, 0.3) is 0 Å². The minimum absolute atomic E-state index is 0.0121. The van der Waals surface area contributed by atoms with Crippen molar-refractivity contribution < 1.29 is 4.74 Å². The molecule has 4 aromatic rings. The van der Waals surface area contributed by atoms with Crippen LogP contribution in [0.15, 0.2) is 79.0 Å². The summed E-state index contributed by atoms with van der Waals surface area (Å²) in [5, 5.41) is 4.32. The molecule has 38 heavy (non-hydrogen) atoms. The number of aryl methyl sites for hydroxylation is 2. The normalized spacial score (nSPS) is 19.7. The summed E-state index contributed by atoms with van der Waals surface area (Å²) in [6.45, 7) is 6.57. The summed E-state index contributed by atoms with van der Waals surface area (Å²) in [5.74, 6) is 1.67. The van der Waals surface area contributed by atoms with Gasteiger partial charge in [0.25, 0.3) is 0 Å². The van der Waals surface area contributed by atoms with Gasteiger partial charge in [0, 0.05) is 29.3 Å². The van der Waals surface area contributed by atoms with E-state index in [0.29, 0.717) is 11.2 Å². The third kappa shape index (κ3) is 4.47. The van der Waals surface area contributed by atoms with E-state index >= 15 is 0 Å². The molecule has 1 N–H and O–H groups in total. The molecule has 5 nitrogen and oxygen atoms in total. The van der Waals surface area contributed by atoms with Gasteiger partial charge in [0.15, 0.2) is 5.11 Å². The van der Waals surface area contributed by atoms with Gasteiger partial charge in [0.05, 0.1) is 17.8 Å². The Morgan fingerprint density at radius 2 is 1.66 bits per heavy atom. The summed E-state index contributed by atoms with van der Waals surface area (Å²) in [6.07, 6.45) is 7.00. The molecule has 0 unspecified atom stereocenters.